The van der Waals surface area contributed by atoms with E-state index in [1.165, 1.54) is 22.3 Å². The molecule has 0 saturated carbocycles. The van der Waals surface area contributed by atoms with E-state index in [9.17, 15) is 0 Å². The number of hydrogen-bond donors (Lipinski definition) is 2. The molecule has 0 aliphatic heterocycles. The zero-order valence-corrected chi connectivity index (χ0v) is 10.8. The van der Waals surface area contributed by atoms with Gasteiger partial charge in [0.2, 0.25) is 0 Å². The summed E-state index contributed by atoms with van der Waals surface area (Å²) in [4.78, 5) is 0. The van der Waals surface area contributed by atoms with Gasteiger partial charge in [-0.2, -0.15) is 0 Å². The summed E-state index contributed by atoms with van der Waals surface area (Å²) >= 11 is 0. The number of aliphatic hydroxyl groups excluding tert-OH is 1. The second-order valence-corrected chi connectivity index (χ2v) is 4.54. The minimum absolute atomic E-state index is 0. The molecular weight excluding hydrogens is 246 g/mol. The molecule has 2 aromatic rings. The fourth-order valence-electron chi connectivity index (χ4n) is 2.50. The van der Waals surface area contributed by atoms with Crippen molar-refractivity contribution < 1.29 is 5.11 Å². The maximum Gasteiger partial charge on any atom is 0.0624 e. The molecule has 94 valence electrons. The number of hydrogen-bond acceptors (Lipinski definition) is 2. The van der Waals surface area contributed by atoms with Crippen LogP contribution in [0.15, 0.2) is 42.5 Å². The molecule has 3 rings (SSSR count). The third kappa shape index (κ3) is 2.03. The Hall–Kier alpha value is -1.35. The second-order valence-electron chi connectivity index (χ2n) is 4.54. The number of halogens is 1. The molecule has 18 heavy (non-hydrogen) atoms. The topological polar surface area (TPSA) is 46.2 Å². The maximum absolute atomic E-state index is 9.09. The van der Waals surface area contributed by atoms with E-state index in [2.05, 4.69) is 36.4 Å². The Labute approximate surface area is 113 Å². The third-order valence-electron chi connectivity index (χ3n) is 3.44. The van der Waals surface area contributed by atoms with Crippen molar-refractivity contribution in [1.29, 1.82) is 0 Å². The SMILES string of the molecule is Cl.N[C@@H](CO)c1ccc2c(c1)Cc1ccccc1-2. The summed E-state index contributed by atoms with van der Waals surface area (Å²) in [5, 5.41) is 9.09. The van der Waals surface area contributed by atoms with Crippen LogP contribution in [0.1, 0.15) is 22.7 Å². The fraction of sp³-hybridized carbons (Fsp3) is 0.200. The van der Waals surface area contributed by atoms with E-state index in [-0.39, 0.29) is 25.1 Å². The lowest BCUT2D eigenvalue weighted by molar-refractivity contribution is 0.268. The largest absolute Gasteiger partial charge is 0.394 e. The van der Waals surface area contributed by atoms with Gasteiger partial charge < -0.3 is 10.8 Å². The molecule has 0 bridgehead atoms. The van der Waals surface area contributed by atoms with Crippen molar-refractivity contribution in [3.05, 3.63) is 59.2 Å². The van der Waals surface area contributed by atoms with Crippen LogP contribution in [-0.4, -0.2) is 11.7 Å². The average molecular weight is 262 g/mol. The highest BCUT2D eigenvalue weighted by Crippen LogP contribution is 2.37. The average Bonchev–Trinajstić information content (AvgIpc) is 2.75. The summed E-state index contributed by atoms with van der Waals surface area (Å²) in [7, 11) is 0. The molecule has 0 amide bonds. The number of aliphatic hydroxyl groups is 1. The molecule has 3 N–H and O–H groups in total. The Bertz CT molecular complexity index is 568. The van der Waals surface area contributed by atoms with Crippen molar-refractivity contribution >= 4 is 12.4 Å². The minimum Gasteiger partial charge on any atom is -0.394 e. The van der Waals surface area contributed by atoms with Crippen molar-refractivity contribution in [2.24, 2.45) is 5.73 Å². The van der Waals surface area contributed by atoms with Crippen molar-refractivity contribution in [3.8, 4) is 11.1 Å². The second kappa shape index (κ2) is 5.11. The minimum atomic E-state index is -0.274. The molecule has 0 radical (unpaired) electrons. The van der Waals surface area contributed by atoms with E-state index in [1.807, 2.05) is 6.07 Å². The first-order valence-electron chi connectivity index (χ1n) is 5.87. The molecule has 1 aliphatic rings. The molecular formula is C15H16ClNO. The predicted octanol–water partition coefficient (Wildman–Crippen LogP) is 2.67. The van der Waals surface area contributed by atoms with Crippen molar-refractivity contribution in [3.63, 3.8) is 0 Å². The Morgan fingerprint density at radius 3 is 2.56 bits per heavy atom. The van der Waals surface area contributed by atoms with Crippen LogP contribution in [0.2, 0.25) is 0 Å². The van der Waals surface area contributed by atoms with Crippen LogP contribution in [0, 0.1) is 0 Å². The Morgan fingerprint density at radius 1 is 1.06 bits per heavy atom. The molecule has 0 heterocycles. The van der Waals surface area contributed by atoms with Crippen molar-refractivity contribution in [2.75, 3.05) is 6.61 Å². The van der Waals surface area contributed by atoms with Gasteiger partial charge in [-0.05, 0) is 34.2 Å². The molecule has 3 heteroatoms. The first-order chi connectivity index (χ1) is 8.29. The van der Waals surface area contributed by atoms with Crippen molar-refractivity contribution in [1.82, 2.24) is 0 Å². The van der Waals surface area contributed by atoms with Crippen LogP contribution in [0.3, 0.4) is 0 Å². The van der Waals surface area contributed by atoms with Gasteiger partial charge in [0.25, 0.3) is 0 Å². The van der Waals surface area contributed by atoms with Crippen LogP contribution in [0.4, 0.5) is 0 Å². The first-order valence-corrected chi connectivity index (χ1v) is 5.87. The van der Waals surface area contributed by atoms with Gasteiger partial charge in [-0.1, -0.05) is 42.5 Å². The van der Waals surface area contributed by atoms with Crippen LogP contribution in [-0.2, 0) is 6.42 Å². The summed E-state index contributed by atoms with van der Waals surface area (Å²) in [6, 6.07) is 14.5. The zero-order chi connectivity index (χ0) is 11.8. The van der Waals surface area contributed by atoms with E-state index < -0.39 is 0 Å². The predicted molar refractivity (Wildman–Crippen MR) is 75.9 cm³/mol. The standard InChI is InChI=1S/C15H15NO.ClH/c16-15(9-17)11-5-6-14-12(8-11)7-10-3-1-2-4-13(10)14;/h1-6,8,15,17H,7,9,16H2;1H/t15-;/m0./s1. The highest BCUT2D eigenvalue weighted by atomic mass is 35.5. The molecule has 0 saturated heterocycles. The summed E-state index contributed by atoms with van der Waals surface area (Å²) in [6.45, 7) is -0.00820. The van der Waals surface area contributed by atoms with E-state index >= 15 is 0 Å². The number of nitrogens with two attached hydrogens (primary N) is 1. The first kappa shape index (κ1) is 13.1. The molecule has 1 aliphatic carbocycles. The fourth-order valence-corrected chi connectivity index (χ4v) is 2.50. The van der Waals surface area contributed by atoms with Crippen molar-refractivity contribution in [2.45, 2.75) is 12.5 Å². The third-order valence-corrected chi connectivity index (χ3v) is 3.44. The number of benzene rings is 2. The van der Waals surface area contributed by atoms with Gasteiger partial charge in [0, 0.05) is 0 Å². The van der Waals surface area contributed by atoms with E-state index in [4.69, 9.17) is 10.8 Å². The summed E-state index contributed by atoms with van der Waals surface area (Å²) in [5.74, 6) is 0. The summed E-state index contributed by atoms with van der Waals surface area (Å²) < 4.78 is 0. The van der Waals surface area contributed by atoms with Gasteiger partial charge in [0.1, 0.15) is 0 Å². The van der Waals surface area contributed by atoms with Crippen LogP contribution in [0.25, 0.3) is 11.1 Å². The highest BCUT2D eigenvalue weighted by Gasteiger charge is 2.18. The number of rotatable bonds is 2. The van der Waals surface area contributed by atoms with E-state index in [0.717, 1.165) is 12.0 Å². The van der Waals surface area contributed by atoms with E-state index in [0.29, 0.717) is 0 Å². The number of fused-ring (bicyclic) bond motifs is 3. The summed E-state index contributed by atoms with van der Waals surface area (Å²) in [5.41, 5.74) is 12.2. The Morgan fingerprint density at radius 2 is 1.78 bits per heavy atom. The molecule has 2 nitrogen and oxygen atoms in total. The highest BCUT2D eigenvalue weighted by molar-refractivity contribution is 5.85. The Balaban J connectivity index is 0.00000120. The summed E-state index contributed by atoms with van der Waals surface area (Å²) in [6.07, 6.45) is 0.970. The molecule has 0 spiro atoms. The van der Waals surface area contributed by atoms with Gasteiger partial charge in [0.15, 0.2) is 0 Å². The van der Waals surface area contributed by atoms with E-state index in [1.54, 1.807) is 0 Å². The molecule has 0 unspecified atom stereocenters. The lowest BCUT2D eigenvalue weighted by Crippen LogP contribution is -2.14. The lowest BCUT2D eigenvalue weighted by atomic mass is 10.0. The Kier molecular flexibility index (Phi) is 3.71. The van der Waals surface area contributed by atoms with Gasteiger partial charge in [-0.25, -0.2) is 0 Å². The molecule has 1 atom stereocenters. The maximum atomic E-state index is 9.09. The molecule has 0 fully saturated rings. The van der Waals surface area contributed by atoms with Gasteiger partial charge in [0.05, 0.1) is 12.6 Å². The van der Waals surface area contributed by atoms with Gasteiger partial charge in [-0.3, -0.25) is 0 Å². The van der Waals surface area contributed by atoms with Crippen LogP contribution < -0.4 is 5.73 Å². The van der Waals surface area contributed by atoms with Crippen LogP contribution in [0.5, 0.6) is 0 Å². The molecule has 2 aromatic carbocycles. The lowest BCUT2D eigenvalue weighted by Gasteiger charge is -2.10. The van der Waals surface area contributed by atoms with Gasteiger partial charge in [-0.15, -0.1) is 12.4 Å². The monoisotopic (exact) mass is 261 g/mol. The smallest absolute Gasteiger partial charge is 0.0624 e. The van der Waals surface area contributed by atoms with Crippen LogP contribution >= 0.6 is 12.4 Å². The quantitative estimate of drug-likeness (QED) is 0.745. The normalized spacial score (nSPS) is 13.4. The van der Waals surface area contributed by atoms with Gasteiger partial charge >= 0.3 is 0 Å². The molecule has 0 aromatic heterocycles. The zero-order valence-electron chi connectivity index (χ0n) is 9.97.